The summed E-state index contributed by atoms with van der Waals surface area (Å²) >= 11 is -2.24. The Morgan fingerprint density at radius 2 is 1.63 bits per heavy atom. The van der Waals surface area contributed by atoms with Crippen molar-refractivity contribution in [2.24, 2.45) is 0 Å². The highest BCUT2D eigenvalue weighted by molar-refractivity contribution is 7.80. The minimum Gasteiger partial charge on any atom is -0.305 e. The molecule has 98 valence electrons. The van der Waals surface area contributed by atoms with Gasteiger partial charge in [-0.05, 0) is 12.5 Å². The summed E-state index contributed by atoms with van der Waals surface area (Å²) in [6.45, 7) is 1.92. The molecule has 0 heterocycles. The number of hydrogen-bond donors (Lipinski definition) is 1. The van der Waals surface area contributed by atoms with E-state index >= 15 is 0 Å². The molecule has 0 aliphatic carbocycles. The third-order valence-electron chi connectivity index (χ3n) is 2.88. The Bertz CT molecular complexity index is 591. The van der Waals surface area contributed by atoms with Crippen LogP contribution in [0.3, 0.4) is 0 Å². The highest BCUT2D eigenvalue weighted by Gasteiger charge is 2.27. The van der Waals surface area contributed by atoms with Crippen LogP contribution in [0.25, 0.3) is 0 Å². The number of ketones is 1. The summed E-state index contributed by atoms with van der Waals surface area (Å²) in [7, 11) is 0. The lowest BCUT2D eigenvalue weighted by molar-refractivity contribution is 0.0986. The van der Waals surface area contributed by atoms with E-state index < -0.39 is 16.3 Å². The van der Waals surface area contributed by atoms with Gasteiger partial charge in [-0.1, -0.05) is 60.2 Å². The molecule has 19 heavy (non-hydrogen) atoms. The van der Waals surface area contributed by atoms with Crippen LogP contribution in [-0.4, -0.2) is 14.5 Å². The molecule has 0 aliphatic rings. The van der Waals surface area contributed by atoms with Crippen molar-refractivity contribution in [1.29, 1.82) is 0 Å². The highest BCUT2D eigenvalue weighted by atomic mass is 32.2. The van der Waals surface area contributed by atoms with Crippen molar-refractivity contribution in [2.75, 3.05) is 0 Å². The Morgan fingerprint density at radius 3 is 2.16 bits per heavy atom. The van der Waals surface area contributed by atoms with Crippen molar-refractivity contribution in [3.05, 3.63) is 71.3 Å². The summed E-state index contributed by atoms with van der Waals surface area (Å²) in [6.07, 6.45) is 0. The number of carbonyl (C=O) groups is 1. The monoisotopic (exact) mass is 274 g/mol. The topological polar surface area (TPSA) is 54.4 Å². The fraction of sp³-hybridized carbons (Fsp3) is 0.133. The van der Waals surface area contributed by atoms with Crippen LogP contribution in [0.5, 0.6) is 0 Å². The molecule has 1 N–H and O–H groups in total. The van der Waals surface area contributed by atoms with E-state index in [4.69, 9.17) is 0 Å². The molecular weight excluding hydrogens is 260 g/mol. The SMILES string of the molecule is Cc1ccc(C(C(=O)c2ccccc2)S(=O)O)cc1. The second kappa shape index (κ2) is 5.91. The number of benzene rings is 2. The lowest BCUT2D eigenvalue weighted by Crippen LogP contribution is -2.17. The lowest BCUT2D eigenvalue weighted by Gasteiger charge is -2.12. The average Bonchev–Trinajstić information content (AvgIpc) is 2.42. The van der Waals surface area contributed by atoms with E-state index in [-0.39, 0.29) is 5.78 Å². The maximum atomic E-state index is 12.3. The zero-order chi connectivity index (χ0) is 13.8. The number of rotatable bonds is 4. The van der Waals surface area contributed by atoms with Crippen LogP contribution in [0.2, 0.25) is 0 Å². The van der Waals surface area contributed by atoms with Crippen LogP contribution in [0.1, 0.15) is 26.7 Å². The molecule has 0 aromatic heterocycles. The number of carbonyl (C=O) groups excluding carboxylic acids is 1. The molecule has 0 radical (unpaired) electrons. The summed E-state index contributed by atoms with van der Waals surface area (Å²) in [6, 6.07) is 15.7. The molecule has 4 heteroatoms. The molecule has 0 saturated heterocycles. The van der Waals surface area contributed by atoms with E-state index in [1.54, 1.807) is 42.5 Å². The molecule has 0 fully saturated rings. The molecule has 0 spiro atoms. The largest absolute Gasteiger partial charge is 0.305 e. The van der Waals surface area contributed by atoms with E-state index in [0.717, 1.165) is 5.56 Å². The second-order valence-corrected chi connectivity index (χ2v) is 5.32. The molecule has 2 rings (SSSR count). The van der Waals surface area contributed by atoms with Gasteiger partial charge in [-0.15, -0.1) is 0 Å². The van der Waals surface area contributed by atoms with Crippen LogP contribution in [-0.2, 0) is 11.1 Å². The maximum Gasteiger partial charge on any atom is 0.185 e. The number of Topliss-reactive ketones (excluding diaryl/α,β-unsaturated/α-hetero) is 1. The first-order chi connectivity index (χ1) is 9.09. The predicted octanol–water partition coefficient (Wildman–Crippen LogP) is 3.14. The molecule has 0 saturated carbocycles. The number of aryl methyl sites for hydroxylation is 1. The van der Waals surface area contributed by atoms with Crippen LogP contribution < -0.4 is 0 Å². The van der Waals surface area contributed by atoms with Crippen LogP contribution in [0, 0.1) is 6.92 Å². The van der Waals surface area contributed by atoms with Crippen LogP contribution in [0.4, 0.5) is 0 Å². The average molecular weight is 274 g/mol. The van der Waals surface area contributed by atoms with Gasteiger partial charge in [0.05, 0.1) is 0 Å². The van der Waals surface area contributed by atoms with Crippen LogP contribution >= 0.6 is 0 Å². The Morgan fingerprint density at radius 1 is 1.05 bits per heavy atom. The Kier molecular flexibility index (Phi) is 4.24. The first-order valence-electron chi connectivity index (χ1n) is 5.85. The summed E-state index contributed by atoms with van der Waals surface area (Å²) in [5.41, 5.74) is 2.04. The molecular formula is C15H14O3S. The zero-order valence-corrected chi connectivity index (χ0v) is 11.3. The van der Waals surface area contributed by atoms with Gasteiger partial charge in [0, 0.05) is 5.56 Å². The first kappa shape index (κ1) is 13.6. The fourth-order valence-corrected chi connectivity index (χ4v) is 2.56. The third-order valence-corrected chi connectivity index (χ3v) is 3.77. The normalized spacial score (nSPS) is 13.8. The minimum atomic E-state index is -2.24. The van der Waals surface area contributed by atoms with Gasteiger partial charge in [0.25, 0.3) is 0 Å². The maximum absolute atomic E-state index is 12.3. The van der Waals surface area contributed by atoms with Crippen molar-refractivity contribution in [3.63, 3.8) is 0 Å². The van der Waals surface area contributed by atoms with Gasteiger partial charge < -0.3 is 4.55 Å². The lowest BCUT2D eigenvalue weighted by atomic mass is 10.0. The van der Waals surface area contributed by atoms with E-state index in [1.807, 2.05) is 19.1 Å². The van der Waals surface area contributed by atoms with Crippen molar-refractivity contribution < 1.29 is 13.6 Å². The first-order valence-corrected chi connectivity index (χ1v) is 7.02. The molecule has 2 aromatic rings. The Balaban J connectivity index is 2.39. The van der Waals surface area contributed by atoms with E-state index in [0.29, 0.717) is 11.1 Å². The number of hydrogen-bond acceptors (Lipinski definition) is 2. The Labute approximate surface area is 114 Å². The molecule has 2 unspecified atom stereocenters. The van der Waals surface area contributed by atoms with Gasteiger partial charge in [0.1, 0.15) is 5.25 Å². The zero-order valence-electron chi connectivity index (χ0n) is 10.4. The van der Waals surface area contributed by atoms with Crippen molar-refractivity contribution >= 4 is 16.9 Å². The minimum absolute atomic E-state index is 0.342. The summed E-state index contributed by atoms with van der Waals surface area (Å²) in [5, 5.41) is -1.04. The molecule has 0 amide bonds. The van der Waals surface area contributed by atoms with E-state index in [1.165, 1.54) is 0 Å². The van der Waals surface area contributed by atoms with Crippen molar-refractivity contribution in [2.45, 2.75) is 12.2 Å². The highest BCUT2D eigenvalue weighted by Crippen LogP contribution is 2.24. The predicted molar refractivity (Wildman–Crippen MR) is 75.5 cm³/mol. The van der Waals surface area contributed by atoms with Gasteiger partial charge >= 0.3 is 0 Å². The van der Waals surface area contributed by atoms with E-state index in [9.17, 15) is 13.6 Å². The third kappa shape index (κ3) is 3.16. The van der Waals surface area contributed by atoms with Gasteiger partial charge in [0.2, 0.25) is 0 Å². The van der Waals surface area contributed by atoms with Gasteiger partial charge in [0.15, 0.2) is 16.9 Å². The van der Waals surface area contributed by atoms with Gasteiger partial charge in [-0.3, -0.25) is 4.79 Å². The second-order valence-electron chi connectivity index (χ2n) is 4.30. The molecule has 0 bridgehead atoms. The van der Waals surface area contributed by atoms with Crippen molar-refractivity contribution in [1.82, 2.24) is 0 Å². The summed E-state index contributed by atoms with van der Waals surface area (Å²) in [4.78, 5) is 12.3. The molecule has 0 aliphatic heterocycles. The Hall–Kier alpha value is -1.78. The summed E-state index contributed by atoms with van der Waals surface area (Å²) < 4.78 is 20.9. The molecule has 2 atom stereocenters. The standard InChI is InChI=1S/C15H14O3S/c1-11-7-9-13(10-8-11)15(19(17)18)14(16)12-5-3-2-4-6-12/h2-10,15H,1H3,(H,17,18). The fourth-order valence-electron chi connectivity index (χ4n) is 1.85. The van der Waals surface area contributed by atoms with Crippen LogP contribution in [0.15, 0.2) is 54.6 Å². The van der Waals surface area contributed by atoms with Gasteiger partial charge in [-0.25, -0.2) is 4.21 Å². The smallest absolute Gasteiger partial charge is 0.185 e. The van der Waals surface area contributed by atoms with Crippen molar-refractivity contribution in [3.8, 4) is 0 Å². The van der Waals surface area contributed by atoms with Gasteiger partial charge in [-0.2, -0.15) is 0 Å². The summed E-state index contributed by atoms with van der Waals surface area (Å²) in [5.74, 6) is -0.342. The molecule has 2 aromatic carbocycles. The quantitative estimate of drug-likeness (QED) is 0.688. The molecule has 3 nitrogen and oxygen atoms in total. The van der Waals surface area contributed by atoms with E-state index in [2.05, 4.69) is 0 Å².